The van der Waals surface area contributed by atoms with Crippen molar-refractivity contribution in [1.82, 2.24) is 19.6 Å². The van der Waals surface area contributed by atoms with E-state index in [0.717, 1.165) is 11.1 Å². The Balaban J connectivity index is 2.24. The number of carbonyl (C=O) groups is 1. The molecule has 1 aromatic carbocycles. The minimum atomic E-state index is -2.80. The maximum absolute atomic E-state index is 13.0. The first kappa shape index (κ1) is 12.5. The average molecular weight is 276 g/mol. The lowest BCUT2D eigenvalue weighted by molar-refractivity contribution is 0.0611. The zero-order chi connectivity index (χ0) is 14.3. The topological polar surface area (TPSA) is 52.7 Å². The van der Waals surface area contributed by atoms with Crippen LogP contribution in [-0.4, -0.2) is 25.8 Å². The summed E-state index contributed by atoms with van der Waals surface area (Å²) in [6.07, 6.45) is 3.90. The molecule has 0 amide bonds. The molecule has 2 aromatic heterocycles. The Morgan fingerprint density at radius 2 is 2.10 bits per heavy atom. The maximum Gasteiger partial charge on any atom is 0.333 e. The molecule has 0 bridgehead atoms. The lowest BCUT2D eigenvalue weighted by atomic mass is 10.1. The smallest absolute Gasteiger partial charge is 0.296 e. The first-order valence-corrected chi connectivity index (χ1v) is 5.85. The largest absolute Gasteiger partial charge is 0.333 e. The van der Waals surface area contributed by atoms with Gasteiger partial charge in [0.2, 0.25) is 0 Å². The van der Waals surface area contributed by atoms with Gasteiger partial charge in [-0.1, -0.05) is 6.07 Å². The predicted molar refractivity (Wildman–Crippen MR) is 68.6 cm³/mol. The quantitative estimate of drug-likeness (QED) is 0.691. The van der Waals surface area contributed by atoms with E-state index < -0.39 is 6.55 Å². The first-order valence-electron chi connectivity index (χ1n) is 5.85. The molecule has 20 heavy (non-hydrogen) atoms. The Hall–Kier alpha value is -2.57. The van der Waals surface area contributed by atoms with Crippen LogP contribution in [-0.2, 0) is 7.05 Å². The second-order valence-electron chi connectivity index (χ2n) is 4.36. The number of aldehydes is 1. The number of hydrogen-bond acceptors (Lipinski definition) is 3. The summed E-state index contributed by atoms with van der Waals surface area (Å²) < 4.78 is 28.1. The highest BCUT2D eigenvalue weighted by atomic mass is 19.3. The number of fused-ring (bicyclic) bond motifs is 1. The third kappa shape index (κ3) is 1.87. The van der Waals surface area contributed by atoms with Gasteiger partial charge in [-0.25, -0.2) is 4.68 Å². The summed E-state index contributed by atoms with van der Waals surface area (Å²) in [6, 6.07) is 4.95. The number of aryl methyl sites for hydroxylation is 1. The van der Waals surface area contributed by atoms with Crippen LogP contribution >= 0.6 is 0 Å². The van der Waals surface area contributed by atoms with Crippen LogP contribution in [0.1, 0.15) is 17.0 Å². The number of benzene rings is 1. The van der Waals surface area contributed by atoms with Crippen LogP contribution in [0.25, 0.3) is 22.0 Å². The Morgan fingerprint density at radius 1 is 1.30 bits per heavy atom. The van der Waals surface area contributed by atoms with Crippen molar-refractivity contribution in [2.75, 3.05) is 0 Å². The van der Waals surface area contributed by atoms with Gasteiger partial charge in [-0.05, 0) is 17.7 Å². The van der Waals surface area contributed by atoms with Crippen LogP contribution in [0.4, 0.5) is 8.78 Å². The van der Waals surface area contributed by atoms with Crippen LogP contribution in [0, 0.1) is 0 Å². The number of rotatable bonds is 3. The summed E-state index contributed by atoms with van der Waals surface area (Å²) in [4.78, 5) is 10.9. The van der Waals surface area contributed by atoms with Gasteiger partial charge < -0.3 is 0 Å². The number of carbonyl (C=O) groups excluding carboxylic acids is 1. The fraction of sp³-hybridized carbons (Fsp3) is 0.154. The molecular formula is C13H10F2N4O. The molecule has 0 saturated heterocycles. The minimum absolute atomic E-state index is 0.0121. The zero-order valence-electron chi connectivity index (χ0n) is 10.5. The Morgan fingerprint density at radius 3 is 2.70 bits per heavy atom. The van der Waals surface area contributed by atoms with E-state index in [2.05, 4.69) is 10.2 Å². The highest BCUT2D eigenvalue weighted by molar-refractivity contribution is 5.96. The summed E-state index contributed by atoms with van der Waals surface area (Å²) in [7, 11) is 1.77. The van der Waals surface area contributed by atoms with Gasteiger partial charge in [0, 0.05) is 24.2 Å². The fourth-order valence-electron chi connectivity index (χ4n) is 2.15. The number of hydrogen-bond donors (Lipinski definition) is 0. The Kier molecular flexibility index (Phi) is 2.81. The molecule has 0 saturated carbocycles. The van der Waals surface area contributed by atoms with E-state index in [9.17, 15) is 13.6 Å². The third-order valence-electron chi connectivity index (χ3n) is 3.07. The number of halogens is 2. The molecule has 0 N–H and O–H groups in total. The van der Waals surface area contributed by atoms with Crippen molar-refractivity contribution in [2.45, 2.75) is 6.55 Å². The fourth-order valence-corrected chi connectivity index (χ4v) is 2.15. The maximum atomic E-state index is 13.0. The normalized spacial score (nSPS) is 11.4. The molecule has 5 nitrogen and oxygen atoms in total. The summed E-state index contributed by atoms with van der Waals surface area (Å²) in [6.45, 7) is -2.80. The average Bonchev–Trinajstić information content (AvgIpc) is 3.01. The summed E-state index contributed by atoms with van der Waals surface area (Å²) in [5.74, 6) is 0. The van der Waals surface area contributed by atoms with Crippen molar-refractivity contribution in [1.29, 1.82) is 0 Å². The van der Waals surface area contributed by atoms with E-state index in [0.29, 0.717) is 16.4 Å². The van der Waals surface area contributed by atoms with Gasteiger partial charge in [-0.15, -0.1) is 0 Å². The first-order chi connectivity index (χ1) is 9.60. The van der Waals surface area contributed by atoms with E-state index >= 15 is 0 Å². The summed E-state index contributed by atoms with van der Waals surface area (Å²) in [5, 5.41) is 8.08. The van der Waals surface area contributed by atoms with Crippen LogP contribution in [0.2, 0.25) is 0 Å². The van der Waals surface area contributed by atoms with Gasteiger partial charge in [0.15, 0.2) is 6.29 Å². The number of alkyl halides is 2. The van der Waals surface area contributed by atoms with Gasteiger partial charge in [-0.2, -0.15) is 19.0 Å². The van der Waals surface area contributed by atoms with Crippen LogP contribution in [0.3, 0.4) is 0 Å². The molecule has 0 fully saturated rings. The molecule has 0 radical (unpaired) electrons. The van der Waals surface area contributed by atoms with Crippen molar-refractivity contribution >= 4 is 17.2 Å². The molecule has 0 aliphatic rings. The van der Waals surface area contributed by atoms with Crippen molar-refractivity contribution in [3.63, 3.8) is 0 Å². The summed E-state index contributed by atoms with van der Waals surface area (Å²) in [5.41, 5.74) is 1.79. The lowest BCUT2D eigenvalue weighted by Gasteiger charge is -2.02. The molecule has 0 aliphatic heterocycles. The van der Waals surface area contributed by atoms with Gasteiger partial charge in [-0.3, -0.25) is 9.48 Å². The van der Waals surface area contributed by atoms with Gasteiger partial charge >= 0.3 is 6.55 Å². The monoisotopic (exact) mass is 276 g/mol. The minimum Gasteiger partial charge on any atom is -0.296 e. The Bertz CT molecular complexity index is 791. The number of aromatic nitrogens is 4. The van der Waals surface area contributed by atoms with Gasteiger partial charge in [0.1, 0.15) is 5.69 Å². The molecule has 3 aromatic rings. The molecule has 2 heterocycles. The molecule has 3 rings (SSSR count). The van der Waals surface area contributed by atoms with Crippen molar-refractivity contribution in [3.8, 4) is 11.1 Å². The van der Waals surface area contributed by atoms with Crippen LogP contribution < -0.4 is 0 Å². The predicted octanol–water partition coefficient (Wildman–Crippen LogP) is 2.64. The molecule has 7 heteroatoms. The molecule has 0 atom stereocenters. The van der Waals surface area contributed by atoms with Gasteiger partial charge in [0.05, 0.1) is 11.7 Å². The zero-order valence-corrected chi connectivity index (χ0v) is 10.5. The molecule has 0 spiro atoms. The van der Waals surface area contributed by atoms with E-state index in [4.69, 9.17) is 0 Å². The molecule has 0 unspecified atom stereocenters. The Labute approximate surface area is 112 Å². The van der Waals surface area contributed by atoms with Crippen LogP contribution in [0.5, 0.6) is 0 Å². The number of nitrogens with zero attached hydrogens (tertiary/aromatic N) is 4. The van der Waals surface area contributed by atoms with E-state index in [1.807, 2.05) is 0 Å². The second-order valence-corrected chi connectivity index (χ2v) is 4.36. The van der Waals surface area contributed by atoms with Crippen molar-refractivity contribution < 1.29 is 13.6 Å². The van der Waals surface area contributed by atoms with Crippen molar-refractivity contribution in [2.24, 2.45) is 7.05 Å². The van der Waals surface area contributed by atoms with Crippen LogP contribution in [0.15, 0.2) is 30.6 Å². The standard InChI is InChI=1S/C13H10F2N4O/c1-18-6-9(5-16-18)8-2-3-10-11(7-20)17-19(13(14)15)12(10)4-8/h2-7,13H,1H3. The summed E-state index contributed by atoms with van der Waals surface area (Å²) >= 11 is 0. The molecule has 102 valence electrons. The third-order valence-corrected chi connectivity index (χ3v) is 3.07. The SMILES string of the molecule is Cn1cc(-c2ccc3c(C=O)nn(C(F)F)c3c2)cn1. The van der Waals surface area contributed by atoms with E-state index in [1.165, 1.54) is 0 Å². The van der Waals surface area contributed by atoms with E-state index in [-0.39, 0.29) is 11.2 Å². The molecular weight excluding hydrogens is 266 g/mol. The highest BCUT2D eigenvalue weighted by Crippen LogP contribution is 2.28. The van der Waals surface area contributed by atoms with Crippen molar-refractivity contribution in [3.05, 3.63) is 36.3 Å². The second kappa shape index (κ2) is 4.52. The lowest BCUT2D eigenvalue weighted by Crippen LogP contribution is -2.00. The van der Waals surface area contributed by atoms with Gasteiger partial charge in [0.25, 0.3) is 0 Å². The highest BCUT2D eigenvalue weighted by Gasteiger charge is 2.16. The molecule has 0 aliphatic carbocycles. The van der Waals surface area contributed by atoms with E-state index in [1.54, 1.807) is 42.3 Å².